The zero-order valence-corrected chi connectivity index (χ0v) is 11.4. The molecule has 2 nitrogen and oxygen atoms in total. The van der Waals surface area contributed by atoms with Crippen LogP contribution in [0.25, 0.3) is 0 Å². The summed E-state index contributed by atoms with van der Waals surface area (Å²) in [4.78, 5) is 2.76. The van der Waals surface area contributed by atoms with E-state index in [1.54, 1.807) is 0 Å². The van der Waals surface area contributed by atoms with Crippen molar-refractivity contribution in [2.75, 3.05) is 13.1 Å². The summed E-state index contributed by atoms with van der Waals surface area (Å²) in [6.45, 7) is 9.15. The fraction of sp³-hybridized carbons (Fsp3) is 1.00. The molecule has 1 saturated carbocycles. The van der Waals surface area contributed by atoms with E-state index in [2.05, 4.69) is 25.7 Å². The maximum absolute atomic E-state index is 5.61. The van der Waals surface area contributed by atoms with Gasteiger partial charge in [0.2, 0.25) is 0 Å². The van der Waals surface area contributed by atoms with Crippen LogP contribution in [-0.2, 0) is 0 Å². The van der Waals surface area contributed by atoms with Gasteiger partial charge in [-0.2, -0.15) is 0 Å². The minimum Gasteiger partial charge on any atom is -0.330 e. The second kappa shape index (κ2) is 7.29. The number of nitrogens with two attached hydrogens (primary N) is 1. The van der Waals surface area contributed by atoms with E-state index in [0.29, 0.717) is 6.04 Å². The molecule has 1 atom stereocenters. The summed E-state index contributed by atoms with van der Waals surface area (Å²) in [7, 11) is 0. The molecule has 1 aliphatic rings. The summed E-state index contributed by atoms with van der Waals surface area (Å²) in [6, 6.07) is 1.57. The number of hydrogen-bond donors (Lipinski definition) is 1. The molecule has 0 aliphatic heterocycles. The van der Waals surface area contributed by atoms with Gasteiger partial charge in [0.05, 0.1) is 0 Å². The van der Waals surface area contributed by atoms with Gasteiger partial charge in [-0.3, -0.25) is 4.90 Å². The van der Waals surface area contributed by atoms with Crippen LogP contribution in [0.5, 0.6) is 0 Å². The molecule has 1 fully saturated rings. The Hall–Kier alpha value is -0.0800. The molecule has 2 N–H and O–H groups in total. The van der Waals surface area contributed by atoms with E-state index in [9.17, 15) is 0 Å². The average molecular weight is 226 g/mol. The molecule has 0 aromatic rings. The molecule has 0 aromatic carbocycles. The van der Waals surface area contributed by atoms with Crippen LogP contribution in [0.15, 0.2) is 0 Å². The first-order chi connectivity index (χ1) is 7.65. The van der Waals surface area contributed by atoms with Crippen LogP contribution in [0.2, 0.25) is 0 Å². The molecular weight excluding hydrogens is 196 g/mol. The molecule has 96 valence electrons. The monoisotopic (exact) mass is 226 g/mol. The molecule has 1 rings (SSSR count). The first-order valence-electron chi connectivity index (χ1n) is 7.11. The smallest absolute Gasteiger partial charge is 0.00981 e. The second-order valence-corrected chi connectivity index (χ2v) is 5.81. The van der Waals surface area contributed by atoms with Gasteiger partial charge in [-0.05, 0) is 45.1 Å². The fourth-order valence-corrected chi connectivity index (χ4v) is 2.93. The minimum atomic E-state index is 0.717. The van der Waals surface area contributed by atoms with Crippen molar-refractivity contribution in [2.24, 2.45) is 11.7 Å². The Morgan fingerprint density at radius 1 is 1.19 bits per heavy atom. The van der Waals surface area contributed by atoms with E-state index < -0.39 is 0 Å². The molecule has 0 amide bonds. The van der Waals surface area contributed by atoms with Crippen LogP contribution < -0.4 is 5.73 Å². The number of hydrogen-bond acceptors (Lipinski definition) is 2. The second-order valence-electron chi connectivity index (χ2n) is 5.81. The highest BCUT2D eigenvalue weighted by Crippen LogP contribution is 2.26. The lowest BCUT2D eigenvalue weighted by Crippen LogP contribution is -2.42. The van der Waals surface area contributed by atoms with Crippen LogP contribution >= 0.6 is 0 Å². The topological polar surface area (TPSA) is 29.3 Å². The van der Waals surface area contributed by atoms with E-state index in [1.165, 1.54) is 45.1 Å². The Kier molecular flexibility index (Phi) is 6.37. The van der Waals surface area contributed by atoms with Crippen molar-refractivity contribution in [1.29, 1.82) is 0 Å². The Morgan fingerprint density at radius 3 is 2.31 bits per heavy atom. The van der Waals surface area contributed by atoms with Gasteiger partial charge in [0.1, 0.15) is 0 Å². The summed E-state index contributed by atoms with van der Waals surface area (Å²) in [5.41, 5.74) is 5.61. The minimum absolute atomic E-state index is 0.717. The molecule has 0 spiro atoms. The lowest BCUT2D eigenvalue weighted by atomic mass is 10.0. The third kappa shape index (κ3) is 4.42. The van der Waals surface area contributed by atoms with Crippen molar-refractivity contribution in [3.8, 4) is 0 Å². The van der Waals surface area contributed by atoms with Gasteiger partial charge in [0.25, 0.3) is 0 Å². The maximum Gasteiger partial charge on any atom is 0.00981 e. The van der Waals surface area contributed by atoms with E-state index >= 15 is 0 Å². The van der Waals surface area contributed by atoms with Gasteiger partial charge in [0, 0.05) is 18.6 Å². The van der Waals surface area contributed by atoms with Crippen molar-refractivity contribution in [1.82, 2.24) is 4.90 Å². The molecular formula is C14H30N2. The summed E-state index contributed by atoms with van der Waals surface area (Å²) >= 11 is 0. The van der Waals surface area contributed by atoms with Gasteiger partial charge in [0.15, 0.2) is 0 Å². The van der Waals surface area contributed by atoms with Crippen LogP contribution in [0.1, 0.15) is 59.3 Å². The van der Waals surface area contributed by atoms with Gasteiger partial charge in [-0.1, -0.05) is 26.7 Å². The largest absolute Gasteiger partial charge is 0.330 e. The van der Waals surface area contributed by atoms with Crippen LogP contribution in [-0.4, -0.2) is 30.1 Å². The molecule has 1 aliphatic carbocycles. The summed E-state index contributed by atoms with van der Waals surface area (Å²) < 4.78 is 0. The summed E-state index contributed by atoms with van der Waals surface area (Å²) in [5.74, 6) is 0.779. The molecule has 0 saturated heterocycles. The lowest BCUT2D eigenvalue weighted by Gasteiger charge is -2.36. The van der Waals surface area contributed by atoms with E-state index in [4.69, 9.17) is 5.73 Å². The molecule has 16 heavy (non-hydrogen) atoms. The number of rotatable bonds is 7. The molecule has 0 bridgehead atoms. The van der Waals surface area contributed by atoms with Gasteiger partial charge in [-0.25, -0.2) is 0 Å². The molecule has 2 heteroatoms. The third-order valence-corrected chi connectivity index (χ3v) is 3.76. The maximum atomic E-state index is 5.61. The predicted octanol–water partition coefficient (Wildman–Crippen LogP) is 3.01. The van der Waals surface area contributed by atoms with Crippen LogP contribution in [0.4, 0.5) is 0 Å². The first kappa shape index (κ1) is 14.0. The van der Waals surface area contributed by atoms with Crippen molar-refractivity contribution >= 4 is 0 Å². The van der Waals surface area contributed by atoms with Crippen LogP contribution in [0, 0.1) is 5.92 Å². The molecule has 1 unspecified atom stereocenters. The molecule has 0 heterocycles. The van der Waals surface area contributed by atoms with E-state index in [-0.39, 0.29) is 0 Å². The predicted molar refractivity (Wildman–Crippen MR) is 71.6 cm³/mol. The van der Waals surface area contributed by atoms with Crippen molar-refractivity contribution in [2.45, 2.75) is 71.4 Å². The first-order valence-corrected chi connectivity index (χ1v) is 7.11. The Labute approximate surface area is 102 Å². The SMILES string of the molecule is CC(C)CN(C(C)CCCN)C1CCCC1. The molecule has 0 radical (unpaired) electrons. The van der Waals surface area contributed by atoms with Gasteiger partial charge in [-0.15, -0.1) is 0 Å². The van der Waals surface area contributed by atoms with Crippen molar-refractivity contribution < 1.29 is 0 Å². The third-order valence-electron chi connectivity index (χ3n) is 3.76. The zero-order valence-electron chi connectivity index (χ0n) is 11.4. The highest BCUT2D eigenvalue weighted by molar-refractivity contribution is 4.81. The van der Waals surface area contributed by atoms with Crippen molar-refractivity contribution in [3.63, 3.8) is 0 Å². The summed E-state index contributed by atoms with van der Waals surface area (Å²) in [6.07, 6.45) is 8.13. The van der Waals surface area contributed by atoms with Gasteiger partial charge >= 0.3 is 0 Å². The Balaban J connectivity index is 2.47. The summed E-state index contributed by atoms with van der Waals surface area (Å²) in [5, 5.41) is 0. The Morgan fingerprint density at radius 2 is 1.81 bits per heavy atom. The normalized spacial score (nSPS) is 19.9. The van der Waals surface area contributed by atoms with Crippen molar-refractivity contribution in [3.05, 3.63) is 0 Å². The highest BCUT2D eigenvalue weighted by atomic mass is 15.2. The van der Waals surface area contributed by atoms with Crippen LogP contribution in [0.3, 0.4) is 0 Å². The average Bonchev–Trinajstić information content (AvgIpc) is 2.75. The standard InChI is InChI=1S/C14H30N2/c1-12(2)11-16(13(3)7-6-10-15)14-8-4-5-9-14/h12-14H,4-11,15H2,1-3H3. The Bertz CT molecular complexity index is 174. The number of nitrogens with zero attached hydrogens (tertiary/aromatic N) is 1. The lowest BCUT2D eigenvalue weighted by molar-refractivity contribution is 0.120. The highest BCUT2D eigenvalue weighted by Gasteiger charge is 2.26. The fourth-order valence-electron chi connectivity index (χ4n) is 2.93. The van der Waals surface area contributed by atoms with Gasteiger partial charge < -0.3 is 5.73 Å². The zero-order chi connectivity index (χ0) is 12.0. The van der Waals surface area contributed by atoms with E-state index in [0.717, 1.165) is 18.5 Å². The quantitative estimate of drug-likeness (QED) is 0.723. The molecule has 0 aromatic heterocycles. The van der Waals surface area contributed by atoms with E-state index in [1.807, 2.05) is 0 Å².